The van der Waals surface area contributed by atoms with Gasteiger partial charge in [0.15, 0.2) is 5.78 Å². The molecule has 1 aromatic heterocycles. The van der Waals surface area contributed by atoms with Crippen molar-refractivity contribution in [3.05, 3.63) is 24.0 Å². The first kappa shape index (κ1) is 13.3. The summed E-state index contributed by atoms with van der Waals surface area (Å²) in [6, 6.07) is 3.78. The Labute approximate surface area is 109 Å². The molecule has 1 saturated heterocycles. The zero-order chi connectivity index (χ0) is 13.0. The molecule has 1 fully saturated rings. The van der Waals surface area contributed by atoms with Gasteiger partial charge in [-0.05, 0) is 31.5 Å². The van der Waals surface area contributed by atoms with Crippen LogP contribution in [0, 0.1) is 0 Å². The highest BCUT2D eigenvalue weighted by atomic mass is 16.5. The standard InChI is InChI=1S/C14H22N2O2/c1-3-16(10-12-6-5-9-18-12)11-14(17)13-7-4-8-15(13)2/h4,7-8,12H,3,5-6,9-11H2,1-2H3. The van der Waals surface area contributed by atoms with E-state index in [1.54, 1.807) is 0 Å². The van der Waals surface area contributed by atoms with E-state index < -0.39 is 0 Å². The Balaban J connectivity index is 1.89. The third-order valence-corrected chi connectivity index (χ3v) is 3.53. The van der Waals surface area contributed by atoms with Crippen molar-refractivity contribution >= 4 is 5.78 Å². The van der Waals surface area contributed by atoms with Crippen LogP contribution in [-0.2, 0) is 11.8 Å². The second-order valence-electron chi connectivity index (χ2n) is 4.89. The van der Waals surface area contributed by atoms with Gasteiger partial charge in [-0.3, -0.25) is 9.69 Å². The molecule has 4 heteroatoms. The molecule has 0 saturated carbocycles. The molecule has 1 aliphatic heterocycles. The summed E-state index contributed by atoms with van der Waals surface area (Å²) >= 11 is 0. The highest BCUT2D eigenvalue weighted by Crippen LogP contribution is 2.13. The predicted molar refractivity (Wildman–Crippen MR) is 70.8 cm³/mol. The first-order valence-corrected chi connectivity index (χ1v) is 6.69. The molecule has 0 N–H and O–H groups in total. The number of ether oxygens (including phenoxy) is 1. The molecule has 2 heterocycles. The molecule has 100 valence electrons. The van der Waals surface area contributed by atoms with E-state index in [1.165, 1.54) is 0 Å². The maximum atomic E-state index is 12.2. The van der Waals surface area contributed by atoms with Crippen molar-refractivity contribution in [3.8, 4) is 0 Å². The van der Waals surface area contributed by atoms with Crippen molar-refractivity contribution in [2.75, 3.05) is 26.2 Å². The Morgan fingerprint density at radius 3 is 3.00 bits per heavy atom. The van der Waals surface area contributed by atoms with Gasteiger partial charge in [0, 0.05) is 26.4 Å². The van der Waals surface area contributed by atoms with Crippen molar-refractivity contribution in [1.29, 1.82) is 0 Å². The van der Waals surface area contributed by atoms with Crippen LogP contribution in [0.2, 0.25) is 0 Å². The molecule has 1 unspecified atom stereocenters. The summed E-state index contributed by atoms with van der Waals surface area (Å²) in [6.45, 7) is 5.19. The normalized spacial score (nSPS) is 19.6. The Morgan fingerprint density at radius 2 is 2.44 bits per heavy atom. The van der Waals surface area contributed by atoms with E-state index in [1.807, 2.05) is 29.9 Å². The Morgan fingerprint density at radius 1 is 1.61 bits per heavy atom. The molecule has 0 radical (unpaired) electrons. The van der Waals surface area contributed by atoms with Crippen molar-refractivity contribution in [3.63, 3.8) is 0 Å². The first-order chi connectivity index (χ1) is 8.70. The summed E-state index contributed by atoms with van der Waals surface area (Å²) in [5.74, 6) is 0.183. The van der Waals surface area contributed by atoms with Crippen LogP contribution in [0.15, 0.2) is 18.3 Å². The lowest BCUT2D eigenvalue weighted by Gasteiger charge is -2.22. The fourth-order valence-electron chi connectivity index (χ4n) is 2.42. The number of carbonyl (C=O) groups is 1. The molecule has 0 aromatic carbocycles. The van der Waals surface area contributed by atoms with E-state index in [9.17, 15) is 4.79 Å². The maximum Gasteiger partial charge on any atom is 0.193 e. The van der Waals surface area contributed by atoms with Gasteiger partial charge in [0.2, 0.25) is 0 Å². The number of rotatable bonds is 6. The number of aryl methyl sites for hydroxylation is 1. The molecule has 2 rings (SSSR count). The smallest absolute Gasteiger partial charge is 0.193 e. The van der Waals surface area contributed by atoms with Gasteiger partial charge < -0.3 is 9.30 Å². The molecule has 1 aliphatic rings. The number of hydrogen-bond donors (Lipinski definition) is 0. The van der Waals surface area contributed by atoms with E-state index in [0.29, 0.717) is 12.6 Å². The molecule has 0 bridgehead atoms. The van der Waals surface area contributed by atoms with E-state index in [2.05, 4.69) is 11.8 Å². The number of ketones is 1. The van der Waals surface area contributed by atoms with Gasteiger partial charge in [0.1, 0.15) is 0 Å². The monoisotopic (exact) mass is 250 g/mol. The number of Topliss-reactive ketones (excluding diaryl/α,β-unsaturated/α-hetero) is 1. The van der Waals surface area contributed by atoms with E-state index >= 15 is 0 Å². The molecule has 0 aliphatic carbocycles. The minimum atomic E-state index is 0.183. The highest BCUT2D eigenvalue weighted by Gasteiger charge is 2.20. The summed E-state index contributed by atoms with van der Waals surface area (Å²) in [5, 5.41) is 0. The lowest BCUT2D eigenvalue weighted by Crippen LogP contribution is -2.36. The van der Waals surface area contributed by atoms with Crippen LogP contribution in [0.5, 0.6) is 0 Å². The van der Waals surface area contributed by atoms with Gasteiger partial charge in [-0.2, -0.15) is 0 Å². The van der Waals surface area contributed by atoms with Crippen molar-refractivity contribution in [1.82, 2.24) is 9.47 Å². The SMILES string of the molecule is CCN(CC(=O)c1cccn1C)CC1CCCO1. The number of aromatic nitrogens is 1. The maximum absolute atomic E-state index is 12.2. The fraction of sp³-hybridized carbons (Fsp3) is 0.643. The molecular formula is C14H22N2O2. The molecule has 1 atom stereocenters. The van der Waals surface area contributed by atoms with Crippen LogP contribution in [0.25, 0.3) is 0 Å². The van der Waals surface area contributed by atoms with Crippen molar-refractivity contribution < 1.29 is 9.53 Å². The quantitative estimate of drug-likeness (QED) is 0.721. The Hall–Kier alpha value is -1.13. The summed E-state index contributed by atoms with van der Waals surface area (Å²) in [5.41, 5.74) is 0.779. The largest absolute Gasteiger partial charge is 0.377 e. The van der Waals surface area contributed by atoms with Crippen LogP contribution >= 0.6 is 0 Å². The van der Waals surface area contributed by atoms with E-state index in [-0.39, 0.29) is 5.78 Å². The minimum Gasteiger partial charge on any atom is -0.377 e. The number of carbonyl (C=O) groups excluding carboxylic acids is 1. The van der Waals surface area contributed by atoms with Crippen LogP contribution in [0.1, 0.15) is 30.3 Å². The average molecular weight is 250 g/mol. The number of nitrogens with zero attached hydrogens (tertiary/aromatic N) is 2. The van der Waals surface area contributed by atoms with Gasteiger partial charge in [0.05, 0.1) is 18.3 Å². The second-order valence-corrected chi connectivity index (χ2v) is 4.89. The van der Waals surface area contributed by atoms with Gasteiger partial charge in [0.25, 0.3) is 0 Å². The average Bonchev–Trinajstić information content (AvgIpc) is 2.99. The topological polar surface area (TPSA) is 34.5 Å². The zero-order valence-electron chi connectivity index (χ0n) is 11.3. The van der Waals surface area contributed by atoms with Gasteiger partial charge in [-0.15, -0.1) is 0 Å². The molecule has 0 spiro atoms. The summed E-state index contributed by atoms with van der Waals surface area (Å²) in [7, 11) is 1.91. The summed E-state index contributed by atoms with van der Waals surface area (Å²) in [4.78, 5) is 14.3. The third-order valence-electron chi connectivity index (χ3n) is 3.53. The number of hydrogen-bond acceptors (Lipinski definition) is 3. The van der Waals surface area contributed by atoms with Gasteiger partial charge >= 0.3 is 0 Å². The summed E-state index contributed by atoms with van der Waals surface area (Å²) in [6.07, 6.45) is 4.48. The van der Waals surface area contributed by atoms with Gasteiger partial charge in [-0.25, -0.2) is 0 Å². The summed E-state index contributed by atoms with van der Waals surface area (Å²) < 4.78 is 7.50. The fourth-order valence-corrected chi connectivity index (χ4v) is 2.42. The van der Waals surface area contributed by atoms with Crippen LogP contribution < -0.4 is 0 Å². The Kier molecular flexibility index (Phi) is 4.55. The van der Waals surface area contributed by atoms with E-state index in [4.69, 9.17) is 4.74 Å². The molecule has 18 heavy (non-hydrogen) atoms. The lowest BCUT2D eigenvalue weighted by atomic mass is 10.2. The molecule has 4 nitrogen and oxygen atoms in total. The minimum absolute atomic E-state index is 0.183. The highest BCUT2D eigenvalue weighted by molar-refractivity contribution is 5.96. The van der Waals surface area contributed by atoms with Crippen LogP contribution in [-0.4, -0.2) is 47.6 Å². The molecule has 0 amide bonds. The molecule has 1 aromatic rings. The zero-order valence-corrected chi connectivity index (χ0v) is 11.3. The Bertz CT molecular complexity index is 394. The van der Waals surface area contributed by atoms with E-state index in [0.717, 1.165) is 38.2 Å². The number of likely N-dealkylation sites (N-methyl/N-ethyl adjacent to an activating group) is 1. The second kappa shape index (κ2) is 6.16. The lowest BCUT2D eigenvalue weighted by molar-refractivity contribution is 0.0683. The van der Waals surface area contributed by atoms with Crippen molar-refractivity contribution in [2.24, 2.45) is 7.05 Å². The first-order valence-electron chi connectivity index (χ1n) is 6.69. The predicted octanol–water partition coefficient (Wildman–Crippen LogP) is 1.71. The van der Waals surface area contributed by atoms with Crippen molar-refractivity contribution in [2.45, 2.75) is 25.9 Å². The third kappa shape index (κ3) is 3.21. The van der Waals surface area contributed by atoms with Crippen LogP contribution in [0.4, 0.5) is 0 Å². The molecular weight excluding hydrogens is 228 g/mol. The van der Waals surface area contributed by atoms with Crippen LogP contribution in [0.3, 0.4) is 0 Å². The van der Waals surface area contributed by atoms with Gasteiger partial charge in [-0.1, -0.05) is 6.92 Å².